The Balaban J connectivity index is 0. The van der Waals surface area contributed by atoms with E-state index in [1.165, 1.54) is 5.56 Å². The van der Waals surface area contributed by atoms with Crippen LogP contribution < -0.4 is 10.1 Å². The van der Waals surface area contributed by atoms with Crippen LogP contribution in [-0.2, 0) is 0 Å². The number of aryl methyl sites for hydroxylation is 1. The summed E-state index contributed by atoms with van der Waals surface area (Å²) in [5, 5.41) is 11.0. The second-order valence-corrected chi connectivity index (χ2v) is 2.52. The summed E-state index contributed by atoms with van der Waals surface area (Å²) in [6.07, 6.45) is 0. The van der Waals surface area contributed by atoms with Crippen LogP contribution in [0.25, 0.3) is 0 Å². The van der Waals surface area contributed by atoms with Crippen LogP contribution in [0.15, 0.2) is 24.3 Å². The molecule has 0 amide bonds. The van der Waals surface area contributed by atoms with Crippen LogP contribution in [0.4, 0.5) is 17.3 Å². The largest absolute Gasteiger partial charge is 0.673 e. The Morgan fingerprint density at radius 2 is 1.62 bits per heavy atom. The standard InChI is InChI=1S/C8H10O.BF4.N2/c1-7-4-3-5-8(6-7)9-2;2-1(3,4)5;1-2/h3-6H,1-2H3;;/q;-1;/p+1. The van der Waals surface area contributed by atoms with E-state index in [1.807, 2.05) is 31.2 Å². The van der Waals surface area contributed by atoms with E-state index in [2.05, 4.69) is 0 Å². The lowest BCUT2D eigenvalue weighted by Gasteiger charge is -1.97. The molecule has 0 saturated carbocycles. The molecule has 16 heavy (non-hydrogen) atoms. The molecule has 0 unspecified atom stereocenters. The first-order valence-electron chi connectivity index (χ1n) is 4.03. The molecule has 0 aliphatic carbocycles. The Hall–Kier alpha value is -1.78. The third-order valence-electron chi connectivity index (χ3n) is 1.23. The van der Waals surface area contributed by atoms with E-state index < -0.39 is 7.25 Å². The number of benzene rings is 1. The molecule has 0 radical (unpaired) electrons. The fourth-order valence-electron chi connectivity index (χ4n) is 0.742. The average Bonchev–Trinajstić information content (AvgIpc) is 2.18. The molecule has 8 heteroatoms. The van der Waals surface area contributed by atoms with Gasteiger partial charge in [0.1, 0.15) is 5.75 Å². The van der Waals surface area contributed by atoms with Crippen LogP contribution in [-0.4, -0.2) is 14.4 Å². The maximum absolute atomic E-state index is 9.75. The Morgan fingerprint density at radius 1 is 1.19 bits per heavy atom. The molecule has 0 saturated heterocycles. The number of nitrogens with zero attached hydrogens (tertiary/aromatic N) is 1. The van der Waals surface area contributed by atoms with Crippen LogP contribution >= 0.6 is 0 Å². The highest BCUT2D eigenvalue weighted by Gasteiger charge is 2.20. The van der Waals surface area contributed by atoms with Gasteiger partial charge in [0.25, 0.3) is 0 Å². The molecule has 0 spiro atoms. The quantitative estimate of drug-likeness (QED) is 0.458. The van der Waals surface area contributed by atoms with Crippen molar-refractivity contribution in [2.45, 2.75) is 6.92 Å². The highest BCUT2D eigenvalue weighted by molar-refractivity contribution is 6.50. The number of ether oxygens (including phenoxy) is 1. The summed E-state index contributed by atoms with van der Waals surface area (Å²) >= 11 is 0. The molecule has 0 aliphatic rings. The van der Waals surface area contributed by atoms with E-state index in [-0.39, 0.29) is 0 Å². The van der Waals surface area contributed by atoms with Gasteiger partial charge in [0.15, 0.2) is 0 Å². The fraction of sp³-hybridized carbons (Fsp3) is 0.250. The van der Waals surface area contributed by atoms with E-state index in [4.69, 9.17) is 15.5 Å². The van der Waals surface area contributed by atoms with E-state index >= 15 is 0 Å². The Kier molecular flexibility index (Phi) is 8.87. The van der Waals surface area contributed by atoms with Gasteiger partial charge in [0.05, 0.1) is 12.5 Å². The Bertz CT molecular complexity index is 310. The number of hydrogen-bond acceptors (Lipinski definition) is 2. The molecule has 0 heterocycles. The van der Waals surface area contributed by atoms with Crippen molar-refractivity contribution in [1.82, 2.24) is 0 Å². The molecule has 0 atom stereocenters. The predicted molar refractivity (Wildman–Crippen MR) is 50.6 cm³/mol. The van der Waals surface area contributed by atoms with Gasteiger partial charge in [-0.2, -0.15) is 0 Å². The number of nitrogens with one attached hydrogen (secondary N) is 1. The van der Waals surface area contributed by atoms with Crippen LogP contribution in [0.1, 0.15) is 5.56 Å². The van der Waals surface area contributed by atoms with Gasteiger partial charge in [0.2, 0.25) is 5.39 Å². The van der Waals surface area contributed by atoms with Gasteiger partial charge in [-0.25, -0.2) is 0 Å². The van der Waals surface area contributed by atoms with Crippen LogP contribution in [0.5, 0.6) is 5.75 Å². The first kappa shape index (κ1) is 16.6. The summed E-state index contributed by atoms with van der Waals surface area (Å²) in [4.78, 5) is 0. The molecular weight excluding hydrogens is 227 g/mol. The van der Waals surface area contributed by atoms with Crippen LogP contribution in [0, 0.1) is 12.3 Å². The molecule has 0 fully saturated rings. The van der Waals surface area contributed by atoms with E-state index in [0.29, 0.717) is 0 Å². The smallest absolute Gasteiger partial charge is 0.497 e. The highest BCUT2D eigenvalue weighted by atomic mass is 19.5. The first-order chi connectivity index (χ1) is 7.33. The summed E-state index contributed by atoms with van der Waals surface area (Å²) in [7, 11) is -4.32. The lowest BCUT2D eigenvalue weighted by Crippen LogP contribution is -2.11. The molecule has 1 rings (SSSR count). The van der Waals surface area contributed by atoms with E-state index in [0.717, 1.165) is 5.75 Å². The van der Waals surface area contributed by atoms with Crippen molar-refractivity contribution in [3.05, 3.63) is 29.8 Å². The molecule has 0 aliphatic heterocycles. The zero-order chi connectivity index (χ0) is 13.2. The van der Waals surface area contributed by atoms with Gasteiger partial charge >= 0.3 is 7.25 Å². The van der Waals surface area contributed by atoms with Crippen molar-refractivity contribution in [3.63, 3.8) is 0 Å². The van der Waals surface area contributed by atoms with Gasteiger partial charge < -0.3 is 22.0 Å². The normalized spacial score (nSPS) is 9.00. The minimum atomic E-state index is -6.00. The van der Waals surface area contributed by atoms with Crippen molar-refractivity contribution < 1.29 is 27.4 Å². The Labute approximate surface area is 90.6 Å². The maximum atomic E-state index is 9.75. The number of hydrogen-bond donors (Lipinski definition) is 1. The highest BCUT2D eigenvalue weighted by Crippen LogP contribution is 2.10. The molecule has 1 aromatic carbocycles. The number of methoxy groups -OCH3 is 1. The third kappa shape index (κ3) is 14.7. The van der Waals surface area contributed by atoms with Gasteiger partial charge in [-0.3, -0.25) is 0 Å². The second-order valence-electron chi connectivity index (χ2n) is 2.52. The second kappa shape index (κ2) is 8.53. The van der Waals surface area contributed by atoms with Crippen molar-refractivity contribution in [2.24, 2.45) is 0 Å². The lowest BCUT2D eigenvalue weighted by molar-refractivity contribution is -0.175. The topological polar surface area (TPSA) is 56.8 Å². The van der Waals surface area contributed by atoms with Crippen molar-refractivity contribution >= 4 is 7.25 Å². The summed E-state index contributed by atoms with van der Waals surface area (Å²) in [6, 6.07) is 7.96. The summed E-state index contributed by atoms with van der Waals surface area (Å²) < 4.78 is 44.0. The first-order valence-corrected chi connectivity index (χ1v) is 4.03. The van der Waals surface area contributed by atoms with Crippen molar-refractivity contribution in [3.8, 4) is 5.75 Å². The zero-order valence-corrected chi connectivity index (χ0v) is 8.75. The zero-order valence-electron chi connectivity index (χ0n) is 8.75. The molecule has 0 bridgehead atoms. The Morgan fingerprint density at radius 3 is 1.88 bits per heavy atom. The number of rotatable bonds is 1. The molecule has 0 aromatic heterocycles. The van der Waals surface area contributed by atoms with Crippen molar-refractivity contribution in [1.29, 1.82) is 5.39 Å². The predicted octanol–water partition coefficient (Wildman–Crippen LogP) is 1.58. The number of diazo groups is 1. The summed E-state index contributed by atoms with van der Waals surface area (Å²) in [6.45, 7) is 2.04. The SMILES string of the molecule is COc1cccc(C)c1.F[B-](F)(F)F.N#[NH+]. The third-order valence-corrected chi connectivity index (χ3v) is 1.23. The molecule has 90 valence electrons. The van der Waals surface area contributed by atoms with Gasteiger partial charge in [0, 0.05) is 0 Å². The molecular formula is C8H11BF4N2O. The number of halogens is 4. The molecule has 1 N–H and O–H groups in total. The fourth-order valence-corrected chi connectivity index (χ4v) is 0.742. The lowest BCUT2D eigenvalue weighted by atomic mass is 10.2. The van der Waals surface area contributed by atoms with Crippen LogP contribution in [0.3, 0.4) is 0 Å². The van der Waals surface area contributed by atoms with E-state index in [9.17, 15) is 17.3 Å². The minimum Gasteiger partial charge on any atom is -0.497 e. The molecule has 3 nitrogen and oxygen atoms in total. The monoisotopic (exact) mass is 238 g/mol. The van der Waals surface area contributed by atoms with E-state index in [1.54, 1.807) is 7.11 Å². The minimum absolute atomic E-state index is 0.926. The maximum Gasteiger partial charge on any atom is 0.673 e. The van der Waals surface area contributed by atoms with Crippen LogP contribution in [0.2, 0.25) is 0 Å². The van der Waals surface area contributed by atoms with Gasteiger partial charge in [-0.05, 0) is 24.6 Å². The molecule has 1 aromatic rings. The van der Waals surface area contributed by atoms with Gasteiger partial charge in [-0.1, -0.05) is 12.1 Å². The van der Waals surface area contributed by atoms with Gasteiger partial charge in [-0.15, -0.1) is 0 Å². The summed E-state index contributed by atoms with van der Waals surface area (Å²) in [5.74, 6) is 0.926. The average molecular weight is 238 g/mol. The van der Waals surface area contributed by atoms with Crippen molar-refractivity contribution in [2.75, 3.05) is 7.11 Å². The summed E-state index contributed by atoms with van der Waals surface area (Å²) in [5.41, 5.74) is 1.23.